The first kappa shape index (κ1) is 9.40. The molecule has 1 aliphatic carbocycles. The highest BCUT2D eigenvalue weighted by Gasteiger charge is 2.27. The maximum Gasteiger partial charge on any atom is 0.115 e. The van der Waals surface area contributed by atoms with Gasteiger partial charge in [0.25, 0.3) is 0 Å². The molecule has 1 aromatic rings. The first-order valence-electron chi connectivity index (χ1n) is 5.15. The Morgan fingerprint density at radius 1 is 1.50 bits per heavy atom. The molecule has 1 fully saturated rings. The van der Waals surface area contributed by atoms with E-state index in [4.69, 9.17) is 5.73 Å². The standard InChI is InChI=1S/C10H16N4/c11-4-1-5-13-9-6-12-7-14-10(9)8-2-3-8/h6-8,13H,1-5,11H2. The highest BCUT2D eigenvalue weighted by atomic mass is 14.9. The lowest BCUT2D eigenvalue weighted by Gasteiger charge is -2.08. The van der Waals surface area contributed by atoms with Gasteiger partial charge in [0.2, 0.25) is 0 Å². The van der Waals surface area contributed by atoms with Crippen LogP contribution in [0.5, 0.6) is 0 Å². The Morgan fingerprint density at radius 2 is 2.36 bits per heavy atom. The Bertz CT molecular complexity index is 296. The van der Waals surface area contributed by atoms with Gasteiger partial charge in [0, 0.05) is 12.5 Å². The molecule has 4 heteroatoms. The summed E-state index contributed by atoms with van der Waals surface area (Å²) in [5.41, 5.74) is 7.70. The second-order valence-corrected chi connectivity index (χ2v) is 3.66. The zero-order valence-electron chi connectivity index (χ0n) is 8.24. The van der Waals surface area contributed by atoms with E-state index >= 15 is 0 Å². The molecule has 1 saturated carbocycles. The van der Waals surface area contributed by atoms with Crippen molar-refractivity contribution in [2.45, 2.75) is 25.2 Å². The van der Waals surface area contributed by atoms with Crippen LogP contribution in [0.15, 0.2) is 12.5 Å². The highest BCUT2D eigenvalue weighted by Crippen LogP contribution is 2.41. The summed E-state index contributed by atoms with van der Waals surface area (Å²) < 4.78 is 0. The van der Waals surface area contributed by atoms with Crippen LogP contribution in [0.4, 0.5) is 5.69 Å². The fourth-order valence-corrected chi connectivity index (χ4v) is 1.48. The number of nitrogens with zero attached hydrogens (tertiary/aromatic N) is 2. The topological polar surface area (TPSA) is 63.8 Å². The minimum Gasteiger partial charge on any atom is -0.382 e. The van der Waals surface area contributed by atoms with E-state index in [9.17, 15) is 0 Å². The summed E-state index contributed by atoms with van der Waals surface area (Å²) in [6.07, 6.45) is 7.00. The minimum atomic E-state index is 0.665. The summed E-state index contributed by atoms with van der Waals surface area (Å²) in [6.45, 7) is 1.63. The first-order chi connectivity index (χ1) is 6.92. The zero-order valence-corrected chi connectivity index (χ0v) is 8.24. The van der Waals surface area contributed by atoms with E-state index < -0.39 is 0 Å². The van der Waals surface area contributed by atoms with Crippen molar-refractivity contribution < 1.29 is 0 Å². The van der Waals surface area contributed by atoms with Crippen molar-refractivity contribution >= 4 is 5.69 Å². The largest absolute Gasteiger partial charge is 0.382 e. The predicted molar refractivity (Wildman–Crippen MR) is 56.2 cm³/mol. The molecule has 0 aromatic carbocycles. The molecule has 14 heavy (non-hydrogen) atoms. The van der Waals surface area contributed by atoms with E-state index in [1.165, 1.54) is 18.5 Å². The maximum absolute atomic E-state index is 5.43. The third kappa shape index (κ3) is 2.20. The molecule has 4 nitrogen and oxygen atoms in total. The van der Waals surface area contributed by atoms with Crippen LogP contribution in [0.2, 0.25) is 0 Å². The van der Waals surface area contributed by atoms with Crippen molar-refractivity contribution in [3.63, 3.8) is 0 Å². The smallest absolute Gasteiger partial charge is 0.115 e. The summed E-state index contributed by atoms with van der Waals surface area (Å²) >= 11 is 0. The van der Waals surface area contributed by atoms with Crippen molar-refractivity contribution in [2.75, 3.05) is 18.4 Å². The van der Waals surface area contributed by atoms with Gasteiger partial charge < -0.3 is 11.1 Å². The summed E-state index contributed by atoms with van der Waals surface area (Å²) in [6, 6.07) is 0. The van der Waals surface area contributed by atoms with Crippen LogP contribution in [0.1, 0.15) is 30.9 Å². The van der Waals surface area contributed by atoms with Crippen molar-refractivity contribution in [1.82, 2.24) is 9.97 Å². The molecule has 0 atom stereocenters. The van der Waals surface area contributed by atoms with Gasteiger partial charge in [-0.05, 0) is 25.8 Å². The molecule has 0 spiro atoms. The SMILES string of the molecule is NCCCNc1cncnc1C1CC1. The Morgan fingerprint density at radius 3 is 3.07 bits per heavy atom. The normalized spacial score (nSPS) is 15.5. The number of rotatable bonds is 5. The molecule has 76 valence electrons. The average molecular weight is 192 g/mol. The molecule has 2 rings (SSSR count). The Hall–Kier alpha value is -1.16. The molecular formula is C10H16N4. The number of hydrogen-bond donors (Lipinski definition) is 2. The molecule has 0 radical (unpaired) electrons. The van der Waals surface area contributed by atoms with Gasteiger partial charge in [-0.25, -0.2) is 9.97 Å². The van der Waals surface area contributed by atoms with Crippen LogP contribution in [0.25, 0.3) is 0 Å². The Labute approximate surface area is 83.9 Å². The third-order valence-corrected chi connectivity index (χ3v) is 2.40. The number of hydrogen-bond acceptors (Lipinski definition) is 4. The molecule has 0 unspecified atom stereocenters. The van der Waals surface area contributed by atoms with E-state index in [-0.39, 0.29) is 0 Å². The molecular weight excluding hydrogens is 176 g/mol. The van der Waals surface area contributed by atoms with Crippen LogP contribution in [0, 0.1) is 0 Å². The molecule has 0 amide bonds. The van der Waals surface area contributed by atoms with Gasteiger partial charge in [-0.3, -0.25) is 0 Å². The molecule has 0 aliphatic heterocycles. The van der Waals surface area contributed by atoms with E-state index in [0.717, 1.165) is 25.2 Å². The highest BCUT2D eigenvalue weighted by molar-refractivity contribution is 5.48. The summed E-state index contributed by atoms with van der Waals surface area (Å²) in [4.78, 5) is 8.34. The van der Waals surface area contributed by atoms with Gasteiger partial charge in [-0.15, -0.1) is 0 Å². The second-order valence-electron chi connectivity index (χ2n) is 3.66. The number of nitrogens with one attached hydrogen (secondary N) is 1. The lowest BCUT2D eigenvalue weighted by Crippen LogP contribution is -2.10. The van der Waals surface area contributed by atoms with Gasteiger partial charge in [0.1, 0.15) is 6.33 Å². The lowest BCUT2D eigenvalue weighted by atomic mass is 10.2. The van der Waals surface area contributed by atoms with Crippen LogP contribution < -0.4 is 11.1 Å². The zero-order chi connectivity index (χ0) is 9.80. The maximum atomic E-state index is 5.43. The van der Waals surface area contributed by atoms with Gasteiger partial charge in [-0.1, -0.05) is 0 Å². The lowest BCUT2D eigenvalue weighted by molar-refractivity contribution is 0.866. The van der Waals surface area contributed by atoms with Gasteiger partial charge in [-0.2, -0.15) is 0 Å². The summed E-state index contributed by atoms with van der Waals surface area (Å²) in [5.74, 6) is 0.665. The van der Waals surface area contributed by atoms with E-state index in [1.54, 1.807) is 6.33 Å². The molecule has 1 heterocycles. The number of anilines is 1. The minimum absolute atomic E-state index is 0.665. The van der Waals surface area contributed by atoms with E-state index in [1.807, 2.05) is 6.20 Å². The monoisotopic (exact) mass is 192 g/mol. The van der Waals surface area contributed by atoms with Crippen molar-refractivity contribution in [3.05, 3.63) is 18.2 Å². The van der Waals surface area contributed by atoms with Gasteiger partial charge >= 0.3 is 0 Å². The van der Waals surface area contributed by atoms with Gasteiger partial charge in [0.15, 0.2) is 0 Å². The molecule has 0 bridgehead atoms. The molecule has 1 aromatic heterocycles. The first-order valence-corrected chi connectivity index (χ1v) is 5.15. The predicted octanol–water partition coefficient (Wildman–Crippen LogP) is 1.11. The molecule has 1 aliphatic rings. The van der Waals surface area contributed by atoms with Crippen molar-refractivity contribution in [1.29, 1.82) is 0 Å². The molecule has 0 saturated heterocycles. The quantitative estimate of drug-likeness (QED) is 0.686. The fraction of sp³-hybridized carbons (Fsp3) is 0.600. The third-order valence-electron chi connectivity index (χ3n) is 2.40. The Kier molecular flexibility index (Phi) is 2.93. The Balaban J connectivity index is 2.00. The van der Waals surface area contributed by atoms with Crippen LogP contribution in [-0.4, -0.2) is 23.1 Å². The average Bonchev–Trinajstić information content (AvgIpc) is 3.03. The number of nitrogens with two attached hydrogens (primary N) is 1. The van der Waals surface area contributed by atoms with Crippen molar-refractivity contribution in [3.8, 4) is 0 Å². The second kappa shape index (κ2) is 4.37. The van der Waals surface area contributed by atoms with E-state index in [0.29, 0.717) is 5.92 Å². The van der Waals surface area contributed by atoms with Crippen molar-refractivity contribution in [2.24, 2.45) is 5.73 Å². The molecule has 3 N–H and O–H groups in total. The fourth-order valence-electron chi connectivity index (χ4n) is 1.48. The summed E-state index contributed by atoms with van der Waals surface area (Å²) in [7, 11) is 0. The van der Waals surface area contributed by atoms with E-state index in [2.05, 4.69) is 15.3 Å². The van der Waals surface area contributed by atoms with Gasteiger partial charge in [0.05, 0.1) is 17.6 Å². The van der Waals surface area contributed by atoms with Crippen LogP contribution >= 0.6 is 0 Å². The van der Waals surface area contributed by atoms with Crippen LogP contribution in [0.3, 0.4) is 0 Å². The summed E-state index contributed by atoms with van der Waals surface area (Å²) in [5, 5.41) is 3.33. The number of aromatic nitrogens is 2. The van der Waals surface area contributed by atoms with Crippen LogP contribution in [-0.2, 0) is 0 Å².